The van der Waals surface area contributed by atoms with Gasteiger partial charge in [-0.25, -0.2) is 0 Å². The Kier molecular flexibility index (Phi) is 6.70. The molecule has 3 atom stereocenters. The van der Waals surface area contributed by atoms with E-state index in [1.807, 2.05) is 13.8 Å². The number of esters is 1. The van der Waals surface area contributed by atoms with E-state index in [1.165, 1.54) is 19.3 Å². The Morgan fingerprint density at radius 3 is 2.36 bits per heavy atom. The third kappa shape index (κ3) is 4.91. The molecule has 1 aromatic rings. The van der Waals surface area contributed by atoms with Crippen molar-refractivity contribution in [3.05, 3.63) is 29.8 Å². The minimum Gasteiger partial charge on any atom is -0.456 e. The molecule has 0 aromatic heterocycles. The van der Waals surface area contributed by atoms with Gasteiger partial charge >= 0.3 is 5.97 Å². The zero-order chi connectivity index (χ0) is 20.1. The lowest BCUT2D eigenvalue weighted by molar-refractivity contribution is -0.148. The second-order valence-corrected chi connectivity index (χ2v) is 7.90. The van der Waals surface area contributed by atoms with Gasteiger partial charge in [0.05, 0.1) is 0 Å². The van der Waals surface area contributed by atoms with Crippen molar-refractivity contribution in [3.63, 3.8) is 0 Å². The highest BCUT2D eigenvalue weighted by Crippen LogP contribution is 2.49. The van der Waals surface area contributed by atoms with Crippen LogP contribution in [0.5, 0.6) is 0 Å². The van der Waals surface area contributed by atoms with E-state index >= 15 is 0 Å². The average molecular weight is 386 g/mol. The van der Waals surface area contributed by atoms with Crippen LogP contribution in [0.15, 0.2) is 24.3 Å². The predicted octanol–water partition coefficient (Wildman–Crippen LogP) is 3.48. The fourth-order valence-corrected chi connectivity index (χ4v) is 4.63. The molecule has 2 aliphatic carbocycles. The lowest BCUT2D eigenvalue weighted by atomic mass is 9.86. The van der Waals surface area contributed by atoms with E-state index in [0.717, 1.165) is 12.3 Å². The maximum atomic E-state index is 12.3. The van der Waals surface area contributed by atoms with Gasteiger partial charge in [-0.1, -0.05) is 6.42 Å². The van der Waals surface area contributed by atoms with Gasteiger partial charge in [0.2, 0.25) is 0 Å². The van der Waals surface area contributed by atoms with Crippen LogP contribution in [-0.4, -0.2) is 42.4 Å². The molecular formula is C22H30N2O4. The highest BCUT2D eigenvalue weighted by Gasteiger charge is 2.40. The maximum Gasteiger partial charge on any atom is 0.306 e. The summed E-state index contributed by atoms with van der Waals surface area (Å²) in [5, 5.41) is 2.70. The van der Waals surface area contributed by atoms with Crippen LogP contribution in [0.3, 0.4) is 0 Å². The van der Waals surface area contributed by atoms with Crippen LogP contribution in [-0.2, 0) is 14.3 Å². The van der Waals surface area contributed by atoms with E-state index in [0.29, 0.717) is 42.6 Å². The van der Waals surface area contributed by atoms with Gasteiger partial charge in [0.1, 0.15) is 0 Å². The van der Waals surface area contributed by atoms with Crippen LogP contribution in [0.1, 0.15) is 56.3 Å². The van der Waals surface area contributed by atoms with E-state index in [9.17, 15) is 14.4 Å². The fraction of sp³-hybridized carbons (Fsp3) is 0.591. The van der Waals surface area contributed by atoms with Crippen molar-refractivity contribution < 1.29 is 19.1 Å². The Morgan fingerprint density at radius 1 is 1.07 bits per heavy atom. The summed E-state index contributed by atoms with van der Waals surface area (Å²) in [5.41, 5.74) is 1.16. The number of carbonyl (C=O) groups is 3. The molecule has 2 aliphatic rings. The second kappa shape index (κ2) is 9.22. The highest BCUT2D eigenvalue weighted by molar-refractivity contribution is 5.96. The van der Waals surface area contributed by atoms with Crippen LogP contribution in [0, 0.1) is 17.8 Å². The van der Waals surface area contributed by atoms with Crippen molar-refractivity contribution in [1.82, 2.24) is 4.90 Å². The highest BCUT2D eigenvalue weighted by atomic mass is 16.5. The smallest absolute Gasteiger partial charge is 0.306 e. The molecule has 152 valence electrons. The molecule has 2 bridgehead atoms. The van der Waals surface area contributed by atoms with Crippen molar-refractivity contribution in [2.45, 2.75) is 46.0 Å². The summed E-state index contributed by atoms with van der Waals surface area (Å²) in [6.07, 6.45) is 5.35. The zero-order valence-corrected chi connectivity index (χ0v) is 16.8. The van der Waals surface area contributed by atoms with Gasteiger partial charge in [-0.05, 0) is 75.1 Å². The van der Waals surface area contributed by atoms with Crippen molar-refractivity contribution in [3.8, 4) is 0 Å². The number of hydrogen-bond donors (Lipinski definition) is 1. The summed E-state index contributed by atoms with van der Waals surface area (Å²) >= 11 is 0. The lowest BCUT2D eigenvalue weighted by Gasteiger charge is -2.20. The molecule has 1 aromatic carbocycles. The van der Waals surface area contributed by atoms with E-state index < -0.39 is 0 Å². The Balaban J connectivity index is 1.42. The van der Waals surface area contributed by atoms with Gasteiger partial charge in [-0.3, -0.25) is 14.4 Å². The number of rotatable bonds is 8. The van der Waals surface area contributed by atoms with Crippen LogP contribution < -0.4 is 5.32 Å². The molecule has 0 aliphatic heterocycles. The van der Waals surface area contributed by atoms with Crippen LogP contribution in [0.2, 0.25) is 0 Å². The van der Waals surface area contributed by atoms with Crippen molar-refractivity contribution in [2.24, 2.45) is 17.8 Å². The molecule has 0 saturated heterocycles. The number of hydrogen-bond acceptors (Lipinski definition) is 4. The molecule has 0 unspecified atom stereocenters. The molecule has 0 heterocycles. The number of amides is 2. The minimum atomic E-state index is -0.371. The number of ether oxygens (including phenoxy) is 1. The summed E-state index contributed by atoms with van der Waals surface area (Å²) < 4.78 is 5.16. The molecule has 3 rings (SSSR count). The molecule has 2 saturated carbocycles. The Labute approximate surface area is 166 Å². The van der Waals surface area contributed by atoms with Crippen molar-refractivity contribution in [1.29, 1.82) is 0 Å². The molecule has 6 heteroatoms. The summed E-state index contributed by atoms with van der Waals surface area (Å²) in [5.74, 6) is 1.21. The molecule has 0 radical (unpaired) electrons. The number of benzene rings is 1. The third-order valence-electron chi connectivity index (χ3n) is 6.14. The summed E-state index contributed by atoms with van der Waals surface area (Å²) in [6, 6.07) is 6.76. The normalized spacial score (nSPS) is 22.7. The first-order valence-electron chi connectivity index (χ1n) is 10.3. The van der Waals surface area contributed by atoms with Gasteiger partial charge in [-0.15, -0.1) is 0 Å². The number of nitrogens with zero attached hydrogens (tertiary/aromatic N) is 1. The maximum absolute atomic E-state index is 12.3. The van der Waals surface area contributed by atoms with Crippen LogP contribution in [0.4, 0.5) is 5.69 Å². The zero-order valence-electron chi connectivity index (χ0n) is 16.8. The van der Waals surface area contributed by atoms with Gasteiger partial charge in [0, 0.05) is 30.8 Å². The van der Waals surface area contributed by atoms with Gasteiger partial charge in [0.15, 0.2) is 6.61 Å². The quantitative estimate of drug-likeness (QED) is 0.694. The van der Waals surface area contributed by atoms with E-state index in [-0.39, 0.29) is 24.4 Å². The summed E-state index contributed by atoms with van der Waals surface area (Å²) in [4.78, 5) is 38.1. The largest absolute Gasteiger partial charge is 0.456 e. The SMILES string of the molecule is CCN(CC)C(=O)c1ccc(NC(=O)COC(=O)C[C@H]2C[C@@H]3CC[C@@H]2C3)cc1. The molecule has 0 spiro atoms. The molecule has 2 fully saturated rings. The number of fused-ring (bicyclic) bond motifs is 2. The first-order valence-corrected chi connectivity index (χ1v) is 10.3. The molecule has 28 heavy (non-hydrogen) atoms. The van der Waals surface area contributed by atoms with Crippen LogP contribution >= 0.6 is 0 Å². The number of anilines is 1. The Bertz CT molecular complexity index is 712. The van der Waals surface area contributed by atoms with Crippen molar-refractivity contribution >= 4 is 23.5 Å². The Hall–Kier alpha value is -2.37. The summed E-state index contributed by atoms with van der Waals surface area (Å²) in [6.45, 7) is 4.91. The average Bonchev–Trinajstić information content (AvgIpc) is 3.31. The van der Waals surface area contributed by atoms with E-state index in [1.54, 1.807) is 29.2 Å². The topological polar surface area (TPSA) is 75.7 Å². The Morgan fingerprint density at radius 2 is 1.79 bits per heavy atom. The standard InChI is InChI=1S/C22H30N2O4/c1-3-24(4-2)22(27)16-7-9-19(10-8-16)23-20(25)14-28-21(26)13-18-12-15-5-6-17(18)11-15/h7-10,15,17-18H,3-6,11-14H2,1-2H3,(H,23,25)/t15-,17-,18-/m1/s1. The summed E-state index contributed by atoms with van der Waals surface area (Å²) in [7, 11) is 0. The molecular weight excluding hydrogens is 356 g/mol. The second-order valence-electron chi connectivity index (χ2n) is 7.90. The molecule has 2 amide bonds. The fourth-order valence-electron chi connectivity index (χ4n) is 4.63. The van der Waals surface area contributed by atoms with Gasteiger partial charge < -0.3 is 15.0 Å². The van der Waals surface area contributed by atoms with E-state index in [4.69, 9.17) is 4.74 Å². The third-order valence-corrected chi connectivity index (χ3v) is 6.14. The number of nitrogens with one attached hydrogen (secondary N) is 1. The van der Waals surface area contributed by atoms with Gasteiger partial charge in [0.25, 0.3) is 11.8 Å². The monoisotopic (exact) mass is 386 g/mol. The van der Waals surface area contributed by atoms with E-state index in [2.05, 4.69) is 5.32 Å². The molecule has 6 nitrogen and oxygen atoms in total. The van der Waals surface area contributed by atoms with Crippen molar-refractivity contribution in [2.75, 3.05) is 25.0 Å². The minimum absolute atomic E-state index is 0.0302. The van der Waals surface area contributed by atoms with Crippen LogP contribution in [0.25, 0.3) is 0 Å². The van der Waals surface area contributed by atoms with Gasteiger partial charge in [-0.2, -0.15) is 0 Å². The molecule has 1 N–H and O–H groups in total. The predicted molar refractivity (Wildman–Crippen MR) is 107 cm³/mol. The lowest BCUT2D eigenvalue weighted by Crippen LogP contribution is -2.30. The first-order chi connectivity index (χ1) is 13.5. The number of carbonyl (C=O) groups excluding carboxylic acids is 3. The first kappa shape index (κ1) is 20.4.